The number of hydrogen-bond acceptors (Lipinski definition) is 3. The van der Waals surface area contributed by atoms with Crippen LogP contribution in [0.1, 0.15) is 25.7 Å². The van der Waals surface area contributed by atoms with E-state index in [2.05, 4.69) is 0 Å². The molecule has 76 valence electrons. The minimum absolute atomic E-state index is 0.0756. The summed E-state index contributed by atoms with van der Waals surface area (Å²) in [7, 11) is 0. The first-order valence-electron chi connectivity index (χ1n) is 5.25. The van der Waals surface area contributed by atoms with Crippen LogP contribution in [-0.4, -0.2) is 37.1 Å². The van der Waals surface area contributed by atoms with Gasteiger partial charge in [0, 0.05) is 19.1 Å². The molecule has 0 spiro atoms. The maximum Gasteiger partial charge on any atom is 0.0851 e. The van der Waals surface area contributed by atoms with Crippen LogP contribution in [0.2, 0.25) is 0 Å². The Kier molecular flexibility index (Phi) is 3.19. The van der Waals surface area contributed by atoms with Gasteiger partial charge in [-0.1, -0.05) is 0 Å². The highest BCUT2D eigenvalue weighted by Crippen LogP contribution is 2.25. The molecule has 0 aliphatic carbocycles. The van der Waals surface area contributed by atoms with Crippen LogP contribution in [0.25, 0.3) is 0 Å². The van der Waals surface area contributed by atoms with Crippen LogP contribution in [-0.2, 0) is 9.47 Å². The van der Waals surface area contributed by atoms with Crippen LogP contribution < -0.4 is 0 Å². The van der Waals surface area contributed by atoms with E-state index in [1.54, 1.807) is 0 Å². The molecule has 2 aliphatic rings. The fourth-order valence-electron chi connectivity index (χ4n) is 2.21. The van der Waals surface area contributed by atoms with Crippen molar-refractivity contribution in [1.29, 1.82) is 0 Å². The Labute approximate surface area is 79.0 Å². The van der Waals surface area contributed by atoms with Gasteiger partial charge in [-0.25, -0.2) is 0 Å². The molecule has 2 heterocycles. The number of aliphatic hydroxyl groups is 1. The number of rotatable bonds is 2. The molecule has 3 atom stereocenters. The van der Waals surface area contributed by atoms with E-state index in [0.29, 0.717) is 12.5 Å². The van der Waals surface area contributed by atoms with Crippen LogP contribution in [0.15, 0.2) is 0 Å². The molecule has 2 fully saturated rings. The summed E-state index contributed by atoms with van der Waals surface area (Å²) in [6.07, 6.45) is 4.04. The summed E-state index contributed by atoms with van der Waals surface area (Å²) in [6, 6.07) is 0. The van der Waals surface area contributed by atoms with Crippen molar-refractivity contribution in [2.75, 3.05) is 19.8 Å². The van der Waals surface area contributed by atoms with Gasteiger partial charge in [-0.15, -0.1) is 0 Å². The van der Waals surface area contributed by atoms with Gasteiger partial charge >= 0.3 is 0 Å². The van der Waals surface area contributed by atoms with Gasteiger partial charge in [-0.3, -0.25) is 0 Å². The lowest BCUT2D eigenvalue weighted by Crippen LogP contribution is -2.37. The largest absolute Gasteiger partial charge is 0.390 e. The first-order valence-corrected chi connectivity index (χ1v) is 5.25. The van der Waals surface area contributed by atoms with Gasteiger partial charge in [-0.05, 0) is 25.7 Å². The fraction of sp³-hybridized carbons (Fsp3) is 1.00. The summed E-state index contributed by atoms with van der Waals surface area (Å²) in [4.78, 5) is 0. The molecular formula is C10H18O3. The lowest BCUT2D eigenvalue weighted by molar-refractivity contribution is -0.0718. The molecule has 2 saturated heterocycles. The molecule has 3 nitrogen and oxygen atoms in total. The summed E-state index contributed by atoms with van der Waals surface area (Å²) in [5, 5.41) is 9.97. The maximum absolute atomic E-state index is 9.97. The zero-order valence-electron chi connectivity index (χ0n) is 7.95. The zero-order valence-corrected chi connectivity index (χ0v) is 7.95. The molecule has 0 aromatic heterocycles. The Morgan fingerprint density at radius 2 is 2.00 bits per heavy atom. The van der Waals surface area contributed by atoms with Crippen molar-refractivity contribution in [2.24, 2.45) is 5.92 Å². The first kappa shape index (κ1) is 9.44. The van der Waals surface area contributed by atoms with E-state index in [4.69, 9.17) is 9.47 Å². The minimum atomic E-state index is -0.303. The van der Waals surface area contributed by atoms with E-state index in [9.17, 15) is 5.11 Å². The average molecular weight is 186 g/mol. The predicted molar refractivity (Wildman–Crippen MR) is 48.5 cm³/mol. The molecular weight excluding hydrogens is 168 g/mol. The van der Waals surface area contributed by atoms with E-state index in [0.717, 1.165) is 38.9 Å². The topological polar surface area (TPSA) is 38.7 Å². The van der Waals surface area contributed by atoms with E-state index in [-0.39, 0.29) is 12.2 Å². The molecule has 0 saturated carbocycles. The summed E-state index contributed by atoms with van der Waals surface area (Å²) >= 11 is 0. The second-order valence-electron chi connectivity index (χ2n) is 4.02. The number of aliphatic hydroxyl groups excluding tert-OH is 1. The second-order valence-corrected chi connectivity index (χ2v) is 4.02. The molecule has 0 radical (unpaired) electrons. The Morgan fingerprint density at radius 3 is 2.62 bits per heavy atom. The van der Waals surface area contributed by atoms with Gasteiger partial charge in [0.25, 0.3) is 0 Å². The minimum Gasteiger partial charge on any atom is -0.390 e. The normalized spacial score (nSPS) is 37.6. The van der Waals surface area contributed by atoms with Gasteiger partial charge < -0.3 is 14.6 Å². The molecule has 0 aromatic carbocycles. The van der Waals surface area contributed by atoms with E-state index in [1.165, 1.54) is 0 Å². The fourth-order valence-corrected chi connectivity index (χ4v) is 2.21. The van der Waals surface area contributed by atoms with Gasteiger partial charge in [0.05, 0.1) is 18.8 Å². The summed E-state index contributed by atoms with van der Waals surface area (Å²) < 4.78 is 10.8. The molecule has 1 N–H and O–H groups in total. The molecule has 2 aliphatic heterocycles. The van der Waals surface area contributed by atoms with Crippen molar-refractivity contribution >= 4 is 0 Å². The Balaban J connectivity index is 1.83. The van der Waals surface area contributed by atoms with Gasteiger partial charge in [0.2, 0.25) is 0 Å². The predicted octanol–water partition coefficient (Wildman–Crippen LogP) is 0.953. The van der Waals surface area contributed by atoms with Crippen molar-refractivity contribution in [1.82, 2.24) is 0 Å². The smallest absolute Gasteiger partial charge is 0.0851 e. The Bertz CT molecular complexity index is 148. The van der Waals surface area contributed by atoms with E-state index in [1.807, 2.05) is 0 Å². The van der Waals surface area contributed by atoms with Crippen molar-refractivity contribution in [3.05, 3.63) is 0 Å². The summed E-state index contributed by atoms with van der Waals surface area (Å²) in [5.41, 5.74) is 0. The third-order valence-electron chi connectivity index (χ3n) is 3.02. The van der Waals surface area contributed by atoms with E-state index >= 15 is 0 Å². The van der Waals surface area contributed by atoms with Gasteiger partial charge in [0.15, 0.2) is 0 Å². The second kappa shape index (κ2) is 4.40. The highest BCUT2D eigenvalue weighted by Gasteiger charge is 2.31. The lowest BCUT2D eigenvalue weighted by Gasteiger charge is -2.29. The van der Waals surface area contributed by atoms with Gasteiger partial charge in [0.1, 0.15) is 0 Å². The highest BCUT2D eigenvalue weighted by atomic mass is 16.5. The van der Waals surface area contributed by atoms with Crippen molar-refractivity contribution in [3.8, 4) is 0 Å². The van der Waals surface area contributed by atoms with Crippen LogP contribution in [0.5, 0.6) is 0 Å². The van der Waals surface area contributed by atoms with Crippen LogP contribution in [0.3, 0.4) is 0 Å². The number of ether oxygens (including phenoxy) is 2. The van der Waals surface area contributed by atoms with Crippen molar-refractivity contribution in [2.45, 2.75) is 37.9 Å². The average Bonchev–Trinajstić information content (AvgIpc) is 2.71. The highest BCUT2D eigenvalue weighted by molar-refractivity contribution is 4.81. The Morgan fingerprint density at radius 1 is 1.15 bits per heavy atom. The first-order chi connectivity index (χ1) is 6.38. The quantitative estimate of drug-likeness (QED) is 0.698. The number of hydrogen-bond donors (Lipinski definition) is 1. The van der Waals surface area contributed by atoms with Crippen LogP contribution in [0.4, 0.5) is 0 Å². The third kappa shape index (κ3) is 2.22. The Hall–Kier alpha value is -0.120. The van der Waals surface area contributed by atoms with Crippen molar-refractivity contribution < 1.29 is 14.6 Å². The summed E-state index contributed by atoms with van der Waals surface area (Å²) in [6.45, 7) is 2.38. The van der Waals surface area contributed by atoms with Gasteiger partial charge in [-0.2, -0.15) is 0 Å². The zero-order chi connectivity index (χ0) is 9.10. The van der Waals surface area contributed by atoms with Crippen LogP contribution in [0, 0.1) is 5.92 Å². The molecule has 2 rings (SSSR count). The third-order valence-corrected chi connectivity index (χ3v) is 3.02. The van der Waals surface area contributed by atoms with E-state index < -0.39 is 0 Å². The van der Waals surface area contributed by atoms with Crippen molar-refractivity contribution in [3.63, 3.8) is 0 Å². The standard InChI is InChI=1S/C10H18O3/c11-10(9-4-2-6-13-9)8-3-1-5-12-7-8/h8-11H,1-7H2. The maximum atomic E-state index is 9.97. The lowest BCUT2D eigenvalue weighted by atomic mass is 9.91. The molecule has 0 amide bonds. The molecule has 0 aromatic rings. The molecule has 0 bridgehead atoms. The SMILES string of the molecule is OC(C1CCCOC1)C1CCCO1. The molecule has 13 heavy (non-hydrogen) atoms. The van der Waals surface area contributed by atoms with Crippen LogP contribution >= 0.6 is 0 Å². The summed E-state index contributed by atoms with van der Waals surface area (Å²) in [5.74, 6) is 0.303. The molecule has 3 heteroatoms. The monoisotopic (exact) mass is 186 g/mol. The molecule has 3 unspecified atom stereocenters.